The third kappa shape index (κ3) is 1.01. The van der Waals surface area contributed by atoms with Gasteiger partial charge in [-0.3, -0.25) is 10.2 Å². The number of hydrogen-bond donors (Lipinski definition) is 2. The van der Waals surface area contributed by atoms with Gasteiger partial charge in [0, 0.05) is 5.92 Å². The Morgan fingerprint density at radius 3 is 2.80 bits per heavy atom. The fourth-order valence-corrected chi connectivity index (χ4v) is 1.31. The van der Waals surface area contributed by atoms with E-state index in [4.69, 9.17) is 5.84 Å². The minimum atomic E-state index is -0.00986. The third-order valence-corrected chi connectivity index (χ3v) is 2.62. The summed E-state index contributed by atoms with van der Waals surface area (Å²) in [4.78, 5) is 10.9. The molecule has 0 unspecified atom stereocenters. The number of carbonyl (C=O) groups excluding carboxylic acids is 1. The van der Waals surface area contributed by atoms with Gasteiger partial charge in [-0.1, -0.05) is 13.8 Å². The molecule has 10 heavy (non-hydrogen) atoms. The van der Waals surface area contributed by atoms with Gasteiger partial charge in [0.05, 0.1) is 0 Å². The summed E-state index contributed by atoms with van der Waals surface area (Å²) in [5, 5.41) is 0. The second-order valence-corrected chi connectivity index (χ2v) is 3.27. The van der Waals surface area contributed by atoms with Crippen LogP contribution < -0.4 is 11.3 Å². The molecule has 1 aliphatic rings. The molecule has 0 aliphatic heterocycles. The molecule has 0 spiro atoms. The summed E-state index contributed by atoms with van der Waals surface area (Å²) >= 11 is 0. The van der Waals surface area contributed by atoms with Crippen LogP contribution in [0.15, 0.2) is 0 Å². The van der Waals surface area contributed by atoms with Gasteiger partial charge < -0.3 is 0 Å². The van der Waals surface area contributed by atoms with Crippen molar-refractivity contribution in [3.05, 3.63) is 0 Å². The van der Waals surface area contributed by atoms with Gasteiger partial charge in [-0.15, -0.1) is 0 Å². The third-order valence-electron chi connectivity index (χ3n) is 2.62. The highest BCUT2D eigenvalue weighted by atomic mass is 16.2. The Balaban J connectivity index is 2.44. The zero-order valence-electron chi connectivity index (χ0n) is 6.48. The molecule has 1 rings (SSSR count). The predicted molar refractivity (Wildman–Crippen MR) is 38.8 cm³/mol. The van der Waals surface area contributed by atoms with Crippen LogP contribution in [0.1, 0.15) is 26.7 Å². The topological polar surface area (TPSA) is 55.1 Å². The molecular weight excluding hydrogens is 128 g/mol. The number of amides is 1. The van der Waals surface area contributed by atoms with Crippen LogP contribution in [-0.4, -0.2) is 5.91 Å². The maximum atomic E-state index is 10.9. The molecule has 0 heterocycles. The lowest BCUT2D eigenvalue weighted by Gasteiger charge is -2.04. The zero-order chi connectivity index (χ0) is 7.78. The molecule has 0 radical (unpaired) electrons. The van der Waals surface area contributed by atoms with Gasteiger partial charge in [0.25, 0.3) is 0 Å². The summed E-state index contributed by atoms with van der Waals surface area (Å²) in [6.45, 7) is 4.22. The average Bonchev–Trinajstić information content (AvgIpc) is 2.62. The van der Waals surface area contributed by atoms with Crippen molar-refractivity contribution in [3.8, 4) is 0 Å². The number of hydrazine groups is 1. The van der Waals surface area contributed by atoms with Crippen molar-refractivity contribution >= 4 is 5.91 Å². The van der Waals surface area contributed by atoms with Crippen LogP contribution in [0.25, 0.3) is 0 Å². The Labute approximate surface area is 60.9 Å². The van der Waals surface area contributed by atoms with E-state index in [0.29, 0.717) is 0 Å². The first-order chi connectivity index (χ1) is 4.64. The molecule has 58 valence electrons. The number of rotatable bonds is 2. The second-order valence-electron chi connectivity index (χ2n) is 3.27. The molecule has 0 aromatic rings. The van der Waals surface area contributed by atoms with Gasteiger partial charge in [0.2, 0.25) is 5.91 Å². The summed E-state index contributed by atoms with van der Waals surface area (Å²) in [7, 11) is 0. The molecular formula is C7H14N2O. The quantitative estimate of drug-likeness (QED) is 0.333. The molecule has 1 saturated carbocycles. The molecule has 0 bridgehead atoms. The van der Waals surface area contributed by atoms with Crippen LogP contribution in [0.2, 0.25) is 0 Å². The zero-order valence-corrected chi connectivity index (χ0v) is 6.48. The molecule has 0 saturated heterocycles. The van der Waals surface area contributed by atoms with Gasteiger partial charge in [0.15, 0.2) is 0 Å². The fraction of sp³-hybridized carbons (Fsp3) is 0.857. The second kappa shape index (κ2) is 2.23. The number of nitrogens with two attached hydrogens (primary N) is 1. The summed E-state index contributed by atoms with van der Waals surface area (Å²) in [6, 6.07) is 0. The average molecular weight is 142 g/mol. The highest BCUT2D eigenvalue weighted by Gasteiger charge is 2.52. The Morgan fingerprint density at radius 2 is 2.50 bits per heavy atom. The van der Waals surface area contributed by atoms with Crippen molar-refractivity contribution in [1.29, 1.82) is 0 Å². The monoisotopic (exact) mass is 142 g/mol. The predicted octanol–water partition coefficient (Wildman–Crippen LogP) is 0.413. The van der Waals surface area contributed by atoms with Gasteiger partial charge in [0.1, 0.15) is 0 Å². The number of carbonyl (C=O) groups is 1. The van der Waals surface area contributed by atoms with E-state index in [2.05, 4.69) is 19.3 Å². The lowest BCUT2D eigenvalue weighted by Crippen LogP contribution is -2.32. The molecule has 3 nitrogen and oxygen atoms in total. The van der Waals surface area contributed by atoms with Crippen LogP contribution in [-0.2, 0) is 4.79 Å². The van der Waals surface area contributed by atoms with E-state index in [1.807, 2.05) is 0 Å². The minimum Gasteiger partial charge on any atom is -0.294 e. The van der Waals surface area contributed by atoms with Gasteiger partial charge in [-0.2, -0.15) is 0 Å². The standard InChI is InChI=1S/C7H14N2O/c1-3-7(2)4-5(7)6(10)9-8/h5H,3-4,8H2,1-2H3,(H,9,10)/t5-,7-/m0/s1. The van der Waals surface area contributed by atoms with Crippen molar-refractivity contribution in [2.45, 2.75) is 26.7 Å². The van der Waals surface area contributed by atoms with Crippen LogP contribution in [0.5, 0.6) is 0 Å². The summed E-state index contributed by atoms with van der Waals surface area (Å²) < 4.78 is 0. The SMILES string of the molecule is CC[C@@]1(C)C[C@H]1C(=O)NN. The highest BCUT2D eigenvalue weighted by molar-refractivity contribution is 5.81. The maximum absolute atomic E-state index is 10.9. The smallest absolute Gasteiger partial charge is 0.237 e. The molecule has 3 N–H and O–H groups in total. The Hall–Kier alpha value is -0.570. The molecule has 1 aliphatic carbocycles. The van der Waals surface area contributed by atoms with Crippen molar-refractivity contribution in [3.63, 3.8) is 0 Å². The van der Waals surface area contributed by atoms with E-state index in [1.54, 1.807) is 0 Å². The normalized spacial score (nSPS) is 37.3. The highest BCUT2D eigenvalue weighted by Crippen LogP contribution is 2.54. The van der Waals surface area contributed by atoms with Crippen molar-refractivity contribution in [1.82, 2.24) is 5.43 Å². The lowest BCUT2D eigenvalue weighted by atomic mass is 10.0. The van der Waals surface area contributed by atoms with E-state index in [1.165, 1.54) is 0 Å². The molecule has 0 aromatic heterocycles. The first-order valence-electron chi connectivity index (χ1n) is 3.64. The first-order valence-corrected chi connectivity index (χ1v) is 3.64. The Bertz CT molecular complexity index is 158. The van der Waals surface area contributed by atoms with Crippen molar-refractivity contribution in [2.75, 3.05) is 0 Å². The summed E-state index contributed by atoms with van der Waals surface area (Å²) in [5.74, 6) is 5.15. The fourth-order valence-electron chi connectivity index (χ4n) is 1.31. The summed E-state index contributed by atoms with van der Waals surface area (Å²) in [5.41, 5.74) is 2.42. The maximum Gasteiger partial charge on any atom is 0.237 e. The van der Waals surface area contributed by atoms with Gasteiger partial charge in [-0.05, 0) is 18.3 Å². The lowest BCUT2D eigenvalue weighted by molar-refractivity contribution is -0.123. The van der Waals surface area contributed by atoms with Crippen LogP contribution in [0.3, 0.4) is 0 Å². The Kier molecular flexibility index (Phi) is 1.68. The molecule has 2 atom stereocenters. The summed E-state index contributed by atoms with van der Waals surface area (Å²) in [6.07, 6.45) is 2.05. The van der Waals surface area contributed by atoms with Crippen molar-refractivity contribution in [2.24, 2.45) is 17.2 Å². The van der Waals surface area contributed by atoms with Crippen LogP contribution in [0, 0.1) is 11.3 Å². The largest absolute Gasteiger partial charge is 0.294 e. The van der Waals surface area contributed by atoms with Crippen LogP contribution >= 0.6 is 0 Å². The van der Waals surface area contributed by atoms with E-state index in [0.717, 1.165) is 12.8 Å². The minimum absolute atomic E-state index is 0.00986. The van der Waals surface area contributed by atoms with Crippen LogP contribution in [0.4, 0.5) is 0 Å². The van der Waals surface area contributed by atoms with Crippen molar-refractivity contribution < 1.29 is 4.79 Å². The van der Waals surface area contributed by atoms with Gasteiger partial charge >= 0.3 is 0 Å². The van der Waals surface area contributed by atoms with E-state index < -0.39 is 0 Å². The van der Waals surface area contributed by atoms with E-state index in [-0.39, 0.29) is 17.2 Å². The molecule has 1 fully saturated rings. The molecule has 1 amide bonds. The van der Waals surface area contributed by atoms with E-state index in [9.17, 15) is 4.79 Å². The first kappa shape index (κ1) is 7.54. The number of hydrogen-bond acceptors (Lipinski definition) is 2. The van der Waals surface area contributed by atoms with E-state index >= 15 is 0 Å². The molecule has 0 aromatic carbocycles. The molecule has 3 heteroatoms. The Morgan fingerprint density at radius 1 is 1.90 bits per heavy atom. The van der Waals surface area contributed by atoms with Gasteiger partial charge in [-0.25, -0.2) is 5.84 Å². The number of nitrogens with one attached hydrogen (secondary N) is 1.